The topological polar surface area (TPSA) is 68.2 Å². The first-order valence-corrected chi connectivity index (χ1v) is 20.1. The second kappa shape index (κ2) is 31.0. The van der Waals surface area contributed by atoms with Gasteiger partial charge in [-0.3, -0.25) is 0 Å². The van der Waals surface area contributed by atoms with Crippen LogP contribution in [-0.2, 0) is 14.2 Å². The van der Waals surface area contributed by atoms with Gasteiger partial charge in [0.15, 0.2) is 22.3 Å². The lowest BCUT2D eigenvalue weighted by Crippen LogP contribution is -2.44. The number of thiocarbonyl (C=S) groups is 2. The van der Waals surface area contributed by atoms with Gasteiger partial charge < -0.3 is 24.4 Å². The summed E-state index contributed by atoms with van der Waals surface area (Å²) in [6.45, 7) is 4.42. The lowest BCUT2D eigenvalue weighted by atomic mass is 10.0. The molecule has 1 heterocycles. The highest BCUT2D eigenvalue weighted by Gasteiger charge is 2.45. The molecule has 0 aliphatic carbocycles. The summed E-state index contributed by atoms with van der Waals surface area (Å²) in [6, 6.07) is 0. The maximum Gasteiger partial charge on any atom is 0.167 e. The van der Waals surface area contributed by atoms with Crippen molar-refractivity contribution < 1.29 is 24.4 Å². The molecule has 1 aliphatic heterocycles. The Balaban J connectivity index is 2.17. The lowest BCUT2D eigenvalue weighted by molar-refractivity contribution is -0.0639. The summed E-state index contributed by atoms with van der Waals surface area (Å²) in [4.78, 5) is 0. The van der Waals surface area contributed by atoms with E-state index in [0.717, 1.165) is 32.1 Å². The molecule has 0 saturated carbocycles. The lowest BCUT2D eigenvalue weighted by Gasteiger charge is -2.27. The Hall–Kier alpha value is -0.340. The molecule has 1 rings (SSSR count). The van der Waals surface area contributed by atoms with Gasteiger partial charge in [0.05, 0.1) is 13.2 Å². The van der Waals surface area contributed by atoms with Gasteiger partial charge in [-0.05, 0) is 37.3 Å². The Kier molecular flexibility index (Phi) is 29.4. The first kappa shape index (κ1) is 42.7. The third kappa shape index (κ3) is 23.6. The number of rotatable bonds is 32. The second-order valence-corrected chi connectivity index (χ2v) is 14.4. The summed E-state index contributed by atoms with van der Waals surface area (Å²) in [5.41, 5.74) is 0. The summed E-state index contributed by atoms with van der Waals surface area (Å²) in [5, 5.41) is 21.0. The maximum absolute atomic E-state index is 10.3. The first-order chi connectivity index (χ1) is 22.0. The zero-order valence-corrected chi connectivity index (χ0v) is 31.1. The van der Waals surface area contributed by atoms with Crippen molar-refractivity contribution in [2.75, 3.05) is 13.2 Å². The summed E-state index contributed by atoms with van der Waals surface area (Å²) in [5.74, 6) is 0. The normalized spacial score (nSPS) is 18.7. The molecule has 1 aliphatic rings. The van der Waals surface area contributed by atoms with E-state index in [4.69, 9.17) is 38.6 Å². The molecule has 45 heavy (non-hydrogen) atoms. The van der Waals surface area contributed by atoms with Crippen molar-refractivity contribution in [2.24, 2.45) is 0 Å². The number of aliphatic hydroxyl groups excluding tert-OH is 2. The Labute approximate surface area is 289 Å². The van der Waals surface area contributed by atoms with Crippen molar-refractivity contribution in [2.45, 2.75) is 218 Å². The van der Waals surface area contributed by atoms with Crippen LogP contribution < -0.4 is 0 Å². The summed E-state index contributed by atoms with van der Waals surface area (Å²) in [7, 11) is 0. The minimum absolute atomic E-state index is 0.270. The number of ether oxygens (including phenoxy) is 3. The monoisotopic (exact) mass is 672 g/mol. The molecular weight excluding hydrogens is 601 g/mol. The number of aliphatic hydroxyl groups is 2. The maximum atomic E-state index is 10.3. The van der Waals surface area contributed by atoms with Gasteiger partial charge in [0.25, 0.3) is 0 Å². The molecule has 4 atom stereocenters. The van der Waals surface area contributed by atoms with E-state index in [1.807, 2.05) is 0 Å². The molecule has 0 aromatic carbocycles. The molecule has 0 spiro atoms. The van der Waals surface area contributed by atoms with Gasteiger partial charge in [0.1, 0.15) is 12.2 Å². The van der Waals surface area contributed by atoms with E-state index in [1.165, 1.54) is 141 Å². The van der Waals surface area contributed by atoms with Crippen LogP contribution in [0.3, 0.4) is 0 Å². The van der Waals surface area contributed by atoms with E-state index in [-0.39, 0.29) is 6.61 Å². The van der Waals surface area contributed by atoms with Crippen LogP contribution in [0.25, 0.3) is 0 Å². The van der Waals surface area contributed by atoms with Crippen LogP contribution in [0.15, 0.2) is 0 Å². The van der Waals surface area contributed by atoms with E-state index >= 15 is 0 Å². The van der Waals surface area contributed by atoms with Gasteiger partial charge in [-0.2, -0.15) is 0 Å². The second-order valence-electron chi connectivity index (χ2n) is 13.5. The van der Waals surface area contributed by atoms with Crippen LogP contribution in [-0.4, -0.2) is 57.9 Å². The quantitative estimate of drug-likeness (QED) is 0.0544. The Morgan fingerprint density at radius 3 is 1.27 bits per heavy atom. The highest BCUT2D eigenvalue weighted by Crippen LogP contribution is 2.26. The van der Waals surface area contributed by atoms with Gasteiger partial charge in [-0.15, -0.1) is 0 Å². The average Bonchev–Trinajstić information content (AvgIpc) is 3.42. The van der Waals surface area contributed by atoms with Crippen LogP contribution in [0.2, 0.25) is 0 Å². The van der Waals surface area contributed by atoms with E-state index in [0.29, 0.717) is 16.5 Å². The van der Waals surface area contributed by atoms with E-state index < -0.39 is 31.0 Å². The van der Waals surface area contributed by atoms with Gasteiger partial charge >= 0.3 is 0 Å². The molecule has 0 unspecified atom stereocenters. The molecule has 2 N–H and O–H groups in total. The van der Waals surface area contributed by atoms with Crippen LogP contribution in [0.5, 0.6) is 0 Å². The van der Waals surface area contributed by atoms with E-state index in [2.05, 4.69) is 13.8 Å². The molecule has 5 nitrogen and oxygen atoms in total. The fourth-order valence-electron chi connectivity index (χ4n) is 6.30. The van der Waals surface area contributed by atoms with Crippen molar-refractivity contribution in [3.8, 4) is 0 Å². The smallest absolute Gasteiger partial charge is 0.167 e. The van der Waals surface area contributed by atoms with E-state index in [1.54, 1.807) is 0 Å². The van der Waals surface area contributed by atoms with Gasteiger partial charge in [0, 0.05) is 12.8 Å². The van der Waals surface area contributed by atoms with Crippen LogP contribution in [0.4, 0.5) is 0 Å². The largest absolute Gasteiger partial charge is 0.477 e. The number of hydrogen-bond acceptors (Lipinski definition) is 7. The molecule has 1 saturated heterocycles. The van der Waals surface area contributed by atoms with Gasteiger partial charge in [-0.1, -0.05) is 168 Å². The fraction of sp³-hybridized carbons (Fsp3) is 0.947. The standard InChI is InChI=1S/C38H72O5S2/c1-3-5-7-9-11-13-15-17-19-21-23-25-27-29-35(44)42-34-32-41-37(33(40)31-39)38(34)43-36(45)30-28-26-24-22-20-18-16-14-12-10-8-6-4-2/h33-34,37-40H,3-32H2,1-2H3/t33-,34+,37+,38+/m0/s1. The van der Waals surface area contributed by atoms with Crippen LogP contribution in [0.1, 0.15) is 194 Å². The zero-order valence-electron chi connectivity index (χ0n) is 29.5. The third-order valence-corrected chi connectivity index (χ3v) is 9.83. The van der Waals surface area contributed by atoms with Gasteiger partial charge in [-0.25, -0.2) is 0 Å². The molecule has 266 valence electrons. The van der Waals surface area contributed by atoms with Crippen LogP contribution >= 0.6 is 24.4 Å². The molecule has 7 heteroatoms. The number of hydrogen-bond donors (Lipinski definition) is 2. The van der Waals surface area contributed by atoms with Gasteiger partial charge in [0.2, 0.25) is 0 Å². The van der Waals surface area contributed by atoms with E-state index in [9.17, 15) is 10.2 Å². The Morgan fingerprint density at radius 1 is 0.578 bits per heavy atom. The molecule has 0 radical (unpaired) electrons. The minimum Gasteiger partial charge on any atom is -0.477 e. The Morgan fingerprint density at radius 2 is 0.911 bits per heavy atom. The highest BCUT2D eigenvalue weighted by molar-refractivity contribution is 7.80. The van der Waals surface area contributed by atoms with Crippen molar-refractivity contribution >= 4 is 34.5 Å². The summed E-state index contributed by atoms with van der Waals surface area (Å²) in [6.07, 6.45) is 32.9. The summed E-state index contributed by atoms with van der Waals surface area (Å²) >= 11 is 11.1. The number of unbranched alkanes of at least 4 members (excludes halogenated alkanes) is 24. The van der Waals surface area contributed by atoms with Crippen molar-refractivity contribution in [1.29, 1.82) is 0 Å². The van der Waals surface area contributed by atoms with Crippen molar-refractivity contribution in [3.63, 3.8) is 0 Å². The predicted molar refractivity (Wildman–Crippen MR) is 198 cm³/mol. The average molecular weight is 673 g/mol. The minimum atomic E-state index is -1.04. The zero-order chi connectivity index (χ0) is 32.8. The molecule has 0 aromatic heterocycles. The SMILES string of the molecule is CCCCCCCCCCCCCCCC(=S)O[C@H]1[C@@H]([C@@H](O)CO)OC[C@H]1OC(=S)CCCCCCCCCCCCCCC. The van der Waals surface area contributed by atoms with Crippen molar-refractivity contribution in [1.82, 2.24) is 0 Å². The Bertz CT molecular complexity index is 691. The summed E-state index contributed by atoms with van der Waals surface area (Å²) < 4.78 is 18.0. The van der Waals surface area contributed by atoms with Crippen molar-refractivity contribution in [3.05, 3.63) is 0 Å². The molecule has 0 aromatic rings. The third-order valence-electron chi connectivity index (χ3n) is 9.23. The molecule has 0 amide bonds. The highest BCUT2D eigenvalue weighted by atomic mass is 32.1. The fourth-order valence-corrected chi connectivity index (χ4v) is 6.82. The molecule has 1 fully saturated rings. The van der Waals surface area contributed by atoms with Crippen LogP contribution in [0, 0.1) is 0 Å². The molecule has 0 bridgehead atoms. The molecular formula is C38H72O5S2. The predicted octanol–water partition coefficient (Wildman–Crippen LogP) is 11.1. The first-order valence-electron chi connectivity index (χ1n) is 19.3.